The predicted octanol–water partition coefficient (Wildman–Crippen LogP) is 8.11. The number of hydrogen-bond acceptors (Lipinski definition) is 4. The molecule has 5 rings (SSSR count). The summed E-state index contributed by atoms with van der Waals surface area (Å²) >= 11 is 0. The highest BCUT2D eigenvalue weighted by Gasteiger charge is 2.26. The number of phenols is 1. The summed E-state index contributed by atoms with van der Waals surface area (Å²) in [7, 11) is 0. The number of phenolic OH excluding ortho intramolecular Hbond substituents is 1. The van der Waals surface area contributed by atoms with Crippen molar-refractivity contribution in [2.75, 3.05) is 5.32 Å². The standard InChI is InChI=1S/C34H38N4O/c1-33(2,3)28-20-25(21-29(32(28)39)34(4,5)6)19-23-11-15-26(16-12-23)35-27-17-13-24(14-18-27)22-38-31-10-8-7-9-30(31)36-37-38/h7-18,20-21,35,39H,19,22H2,1-6H3. The zero-order valence-corrected chi connectivity index (χ0v) is 23.8. The van der Waals surface area contributed by atoms with Gasteiger partial charge in [0.2, 0.25) is 0 Å². The Morgan fingerprint density at radius 2 is 1.23 bits per heavy atom. The molecule has 5 heteroatoms. The molecule has 4 aromatic carbocycles. The van der Waals surface area contributed by atoms with E-state index in [1.807, 2.05) is 28.9 Å². The van der Waals surface area contributed by atoms with Crippen LogP contribution in [0.1, 0.15) is 69.4 Å². The zero-order chi connectivity index (χ0) is 27.8. The Bertz CT molecular complexity index is 1550. The molecule has 5 nitrogen and oxygen atoms in total. The Kier molecular flexibility index (Phi) is 6.94. The van der Waals surface area contributed by atoms with Gasteiger partial charge in [0.15, 0.2) is 0 Å². The minimum atomic E-state index is -0.132. The van der Waals surface area contributed by atoms with Gasteiger partial charge in [-0.1, -0.05) is 95.3 Å². The molecule has 0 aliphatic carbocycles. The second kappa shape index (κ2) is 10.2. The molecule has 2 N–H and O–H groups in total. The number of rotatable bonds is 6. The van der Waals surface area contributed by atoms with Gasteiger partial charge in [0, 0.05) is 11.4 Å². The molecule has 0 saturated carbocycles. The number of anilines is 2. The normalized spacial score (nSPS) is 12.2. The fourth-order valence-electron chi connectivity index (χ4n) is 4.95. The van der Waals surface area contributed by atoms with E-state index in [0.717, 1.165) is 40.0 Å². The van der Waals surface area contributed by atoms with Gasteiger partial charge in [-0.15, -0.1) is 5.10 Å². The SMILES string of the molecule is CC(C)(C)c1cc(Cc2ccc(Nc3ccc(Cn4nnc5ccccc54)cc3)cc2)cc(C(C)(C)C)c1O. The van der Waals surface area contributed by atoms with Crippen LogP contribution in [0.5, 0.6) is 5.75 Å². The van der Waals surface area contributed by atoms with Crippen LogP contribution < -0.4 is 5.32 Å². The first kappa shape index (κ1) is 26.5. The maximum atomic E-state index is 11.0. The van der Waals surface area contributed by atoms with Crippen LogP contribution in [-0.2, 0) is 23.8 Å². The van der Waals surface area contributed by atoms with Crippen LogP contribution in [0.25, 0.3) is 11.0 Å². The van der Waals surface area contributed by atoms with Crippen LogP contribution in [0.2, 0.25) is 0 Å². The third kappa shape index (κ3) is 5.98. The lowest BCUT2D eigenvalue weighted by molar-refractivity contribution is 0.423. The molecule has 1 aromatic heterocycles. The van der Waals surface area contributed by atoms with E-state index >= 15 is 0 Å². The molecule has 0 bridgehead atoms. The molecule has 0 spiro atoms. The number of aromatic nitrogens is 3. The Balaban J connectivity index is 1.27. The second-order valence-electron chi connectivity index (χ2n) is 12.5. The van der Waals surface area contributed by atoms with Crippen molar-refractivity contribution in [3.8, 4) is 5.75 Å². The third-order valence-electron chi connectivity index (χ3n) is 7.14. The van der Waals surface area contributed by atoms with Gasteiger partial charge in [0.25, 0.3) is 0 Å². The first-order chi connectivity index (χ1) is 18.5. The molecular weight excluding hydrogens is 480 g/mol. The van der Waals surface area contributed by atoms with E-state index in [1.54, 1.807) is 0 Å². The molecule has 39 heavy (non-hydrogen) atoms. The zero-order valence-electron chi connectivity index (χ0n) is 23.8. The average molecular weight is 519 g/mol. The third-order valence-corrected chi connectivity index (χ3v) is 7.14. The first-order valence-corrected chi connectivity index (χ1v) is 13.6. The highest BCUT2D eigenvalue weighted by atomic mass is 16.3. The number of nitrogens with zero attached hydrogens (tertiary/aromatic N) is 3. The minimum Gasteiger partial charge on any atom is -0.507 e. The van der Waals surface area contributed by atoms with Gasteiger partial charge in [-0.05, 0) is 81.5 Å². The van der Waals surface area contributed by atoms with Crippen molar-refractivity contribution in [1.29, 1.82) is 0 Å². The topological polar surface area (TPSA) is 63.0 Å². The lowest BCUT2D eigenvalue weighted by Gasteiger charge is -2.28. The molecule has 0 aliphatic rings. The highest BCUT2D eigenvalue weighted by Crippen LogP contribution is 2.40. The Labute approximate surface area is 231 Å². The maximum Gasteiger partial charge on any atom is 0.123 e. The summed E-state index contributed by atoms with van der Waals surface area (Å²) < 4.78 is 1.93. The van der Waals surface area contributed by atoms with Gasteiger partial charge in [0.05, 0.1) is 12.1 Å². The number of hydrogen-bond donors (Lipinski definition) is 2. The van der Waals surface area contributed by atoms with E-state index in [2.05, 4.69) is 118 Å². The van der Waals surface area contributed by atoms with E-state index in [0.29, 0.717) is 12.3 Å². The highest BCUT2D eigenvalue weighted by molar-refractivity contribution is 5.74. The van der Waals surface area contributed by atoms with Crippen LogP contribution in [0, 0.1) is 0 Å². The molecular formula is C34H38N4O. The lowest BCUT2D eigenvalue weighted by atomic mass is 9.78. The van der Waals surface area contributed by atoms with Gasteiger partial charge in [-0.2, -0.15) is 0 Å². The monoisotopic (exact) mass is 518 g/mol. The fraction of sp³-hybridized carbons (Fsp3) is 0.294. The maximum absolute atomic E-state index is 11.0. The van der Waals surface area contributed by atoms with E-state index in [1.165, 1.54) is 16.7 Å². The van der Waals surface area contributed by atoms with Crippen molar-refractivity contribution in [2.24, 2.45) is 0 Å². The largest absolute Gasteiger partial charge is 0.507 e. The number of para-hydroxylation sites is 1. The summed E-state index contributed by atoms with van der Waals surface area (Å²) in [5.74, 6) is 0.430. The van der Waals surface area contributed by atoms with Crippen LogP contribution in [0.3, 0.4) is 0 Å². The van der Waals surface area contributed by atoms with Crippen molar-refractivity contribution < 1.29 is 5.11 Å². The predicted molar refractivity (Wildman–Crippen MR) is 161 cm³/mol. The van der Waals surface area contributed by atoms with Gasteiger partial charge in [0.1, 0.15) is 11.3 Å². The van der Waals surface area contributed by atoms with Crippen molar-refractivity contribution >= 4 is 22.4 Å². The quantitative estimate of drug-likeness (QED) is 0.238. The van der Waals surface area contributed by atoms with E-state index in [9.17, 15) is 5.11 Å². The molecule has 1 heterocycles. The molecule has 0 amide bonds. The summed E-state index contributed by atoms with van der Waals surface area (Å²) in [6.07, 6.45) is 0.818. The smallest absolute Gasteiger partial charge is 0.123 e. The second-order valence-corrected chi connectivity index (χ2v) is 12.5. The minimum absolute atomic E-state index is 0.132. The molecule has 0 atom stereocenters. The fourth-order valence-corrected chi connectivity index (χ4v) is 4.95. The molecule has 0 saturated heterocycles. The van der Waals surface area contributed by atoms with E-state index < -0.39 is 0 Å². The summed E-state index contributed by atoms with van der Waals surface area (Å²) in [6, 6.07) is 29.4. The van der Waals surface area contributed by atoms with Crippen LogP contribution in [0.15, 0.2) is 84.9 Å². The number of nitrogens with one attached hydrogen (secondary N) is 1. The Morgan fingerprint density at radius 3 is 1.79 bits per heavy atom. The lowest BCUT2D eigenvalue weighted by Crippen LogP contribution is -2.18. The van der Waals surface area contributed by atoms with E-state index in [4.69, 9.17) is 0 Å². The summed E-state index contributed by atoms with van der Waals surface area (Å²) in [4.78, 5) is 0. The summed E-state index contributed by atoms with van der Waals surface area (Å²) in [5, 5.41) is 23.1. The van der Waals surface area contributed by atoms with Crippen molar-refractivity contribution in [1.82, 2.24) is 15.0 Å². The van der Waals surface area contributed by atoms with Gasteiger partial charge in [-0.3, -0.25) is 0 Å². The summed E-state index contributed by atoms with van der Waals surface area (Å²) in [5.41, 5.74) is 9.41. The molecule has 0 fully saturated rings. The molecule has 0 aliphatic heterocycles. The number of aromatic hydroxyl groups is 1. The van der Waals surface area contributed by atoms with Crippen molar-refractivity contribution in [2.45, 2.75) is 65.3 Å². The molecule has 0 radical (unpaired) electrons. The first-order valence-electron chi connectivity index (χ1n) is 13.6. The van der Waals surface area contributed by atoms with Gasteiger partial charge >= 0.3 is 0 Å². The van der Waals surface area contributed by atoms with Crippen molar-refractivity contribution in [3.63, 3.8) is 0 Å². The van der Waals surface area contributed by atoms with Gasteiger partial charge in [-0.25, -0.2) is 4.68 Å². The molecule has 200 valence electrons. The van der Waals surface area contributed by atoms with E-state index in [-0.39, 0.29) is 10.8 Å². The molecule has 5 aromatic rings. The van der Waals surface area contributed by atoms with Gasteiger partial charge < -0.3 is 10.4 Å². The average Bonchev–Trinajstić information content (AvgIpc) is 3.29. The Morgan fingerprint density at radius 1 is 0.692 bits per heavy atom. The van der Waals surface area contributed by atoms with Crippen LogP contribution in [0.4, 0.5) is 11.4 Å². The molecule has 0 unspecified atom stereocenters. The van der Waals surface area contributed by atoms with Crippen LogP contribution in [-0.4, -0.2) is 20.1 Å². The van der Waals surface area contributed by atoms with Crippen LogP contribution >= 0.6 is 0 Å². The number of fused-ring (bicyclic) bond motifs is 1. The summed E-state index contributed by atoms with van der Waals surface area (Å²) in [6.45, 7) is 13.6. The number of benzene rings is 4. The Hall–Kier alpha value is -4.12. The van der Waals surface area contributed by atoms with Crippen molar-refractivity contribution in [3.05, 3.63) is 113 Å².